The van der Waals surface area contributed by atoms with E-state index in [0.717, 1.165) is 0 Å². The smallest absolute Gasteiger partial charge is 0.264 e. The van der Waals surface area contributed by atoms with Gasteiger partial charge in [0.05, 0.1) is 5.02 Å². The Labute approximate surface area is 135 Å². The third-order valence-electron chi connectivity index (χ3n) is 2.45. The zero-order valence-corrected chi connectivity index (χ0v) is 13.7. The predicted octanol–water partition coefficient (Wildman–Crippen LogP) is 3.45. The maximum absolute atomic E-state index is 11.3. The summed E-state index contributed by atoms with van der Waals surface area (Å²) in [6.45, 7) is 1.87. The number of halogens is 3. The normalized spacial score (nSPS) is 11.6. The lowest BCUT2D eigenvalue weighted by atomic mass is 10.3. The van der Waals surface area contributed by atoms with Crippen LogP contribution in [0.25, 0.3) is 0 Å². The maximum Gasteiger partial charge on any atom is 0.264 e. The summed E-state index contributed by atoms with van der Waals surface area (Å²) in [4.78, 5) is 3.77. The molecule has 0 saturated heterocycles. The quantitative estimate of drug-likeness (QED) is 0.749. The first-order chi connectivity index (χ1) is 9.82. The number of hydrogen-bond acceptors (Lipinski definition) is 6. The minimum Gasteiger partial charge on any atom is -0.482 e. The van der Waals surface area contributed by atoms with E-state index in [0.29, 0.717) is 12.2 Å². The molecule has 6 nitrogen and oxygen atoms in total. The molecule has 21 heavy (non-hydrogen) atoms. The molecule has 0 fully saturated rings. The highest BCUT2D eigenvalue weighted by atomic mass is 35.7. The first kappa shape index (κ1) is 16.4. The minimum atomic E-state index is -3.98. The molecule has 114 valence electrons. The average Bonchev–Trinajstić information content (AvgIpc) is 2.87. The van der Waals surface area contributed by atoms with Crippen molar-refractivity contribution in [1.29, 1.82) is 0 Å². The second kappa shape index (κ2) is 6.39. The lowest BCUT2D eigenvalue weighted by Gasteiger charge is -2.09. The van der Waals surface area contributed by atoms with E-state index in [9.17, 15) is 8.42 Å². The molecule has 0 saturated carbocycles. The molecular weight excluding hydrogens is 363 g/mol. The van der Waals surface area contributed by atoms with E-state index in [1.54, 1.807) is 0 Å². The van der Waals surface area contributed by atoms with Gasteiger partial charge >= 0.3 is 0 Å². The summed E-state index contributed by atoms with van der Waals surface area (Å²) >= 11 is 11.8. The van der Waals surface area contributed by atoms with E-state index >= 15 is 0 Å². The zero-order valence-electron chi connectivity index (χ0n) is 10.6. The number of nitrogens with zero attached hydrogens (tertiary/aromatic N) is 2. The molecule has 0 spiro atoms. The van der Waals surface area contributed by atoms with Gasteiger partial charge in [0.2, 0.25) is 0 Å². The molecule has 10 heteroatoms. The molecule has 0 amide bonds. The summed E-state index contributed by atoms with van der Waals surface area (Å²) in [5, 5.41) is 3.45. The van der Waals surface area contributed by atoms with Crippen LogP contribution in [0.1, 0.15) is 18.6 Å². The van der Waals surface area contributed by atoms with Gasteiger partial charge in [0.25, 0.3) is 14.9 Å². The molecule has 0 radical (unpaired) electrons. The van der Waals surface area contributed by atoms with Crippen LogP contribution in [0.3, 0.4) is 0 Å². The monoisotopic (exact) mass is 370 g/mol. The van der Waals surface area contributed by atoms with Crippen LogP contribution in [0.15, 0.2) is 21.6 Å². The van der Waals surface area contributed by atoms with Crippen molar-refractivity contribution in [3.63, 3.8) is 0 Å². The van der Waals surface area contributed by atoms with Gasteiger partial charge in [0, 0.05) is 17.1 Å². The van der Waals surface area contributed by atoms with E-state index in [-0.39, 0.29) is 33.2 Å². The van der Waals surface area contributed by atoms with Crippen LogP contribution in [-0.2, 0) is 22.1 Å². The molecule has 1 aromatic heterocycles. The number of hydrogen-bond donors (Lipinski definition) is 0. The van der Waals surface area contributed by atoms with E-state index in [1.807, 2.05) is 6.92 Å². The van der Waals surface area contributed by atoms with Gasteiger partial charge in [-0.1, -0.05) is 35.3 Å². The highest BCUT2D eigenvalue weighted by Gasteiger charge is 2.20. The van der Waals surface area contributed by atoms with Gasteiger partial charge in [-0.2, -0.15) is 4.98 Å². The molecule has 2 rings (SSSR count). The molecule has 0 N–H and O–H groups in total. The highest BCUT2D eigenvalue weighted by molar-refractivity contribution is 8.13. The van der Waals surface area contributed by atoms with Gasteiger partial charge in [-0.25, -0.2) is 8.42 Å². The number of aryl methyl sites for hydroxylation is 1. The average molecular weight is 372 g/mol. The molecule has 0 aliphatic carbocycles. The van der Waals surface area contributed by atoms with Crippen LogP contribution < -0.4 is 4.74 Å². The Morgan fingerprint density at radius 2 is 2.00 bits per heavy atom. The summed E-state index contributed by atoms with van der Waals surface area (Å²) in [7, 11) is 1.25. The molecule has 0 atom stereocenters. The third kappa shape index (κ3) is 3.79. The molecule has 2 aromatic rings. The SMILES string of the molecule is CCc1noc(COc2ccc(S(=O)(=O)Cl)c(Cl)c2Cl)n1. The van der Waals surface area contributed by atoms with Gasteiger partial charge in [0.15, 0.2) is 12.4 Å². The van der Waals surface area contributed by atoms with Crippen molar-refractivity contribution < 1.29 is 17.7 Å². The molecule has 0 aliphatic heterocycles. The summed E-state index contributed by atoms with van der Waals surface area (Å²) in [5.41, 5.74) is 0. The van der Waals surface area contributed by atoms with Gasteiger partial charge in [-0.05, 0) is 12.1 Å². The van der Waals surface area contributed by atoms with Crippen molar-refractivity contribution in [2.75, 3.05) is 0 Å². The molecule has 0 bridgehead atoms. The van der Waals surface area contributed by atoms with Gasteiger partial charge in [-0.3, -0.25) is 0 Å². The largest absolute Gasteiger partial charge is 0.482 e. The molecule has 0 aliphatic rings. The number of benzene rings is 1. The van der Waals surface area contributed by atoms with Crippen LogP contribution in [0.4, 0.5) is 0 Å². The highest BCUT2D eigenvalue weighted by Crippen LogP contribution is 2.38. The lowest BCUT2D eigenvalue weighted by molar-refractivity contribution is 0.242. The van der Waals surface area contributed by atoms with Gasteiger partial charge in [0.1, 0.15) is 15.7 Å². The van der Waals surface area contributed by atoms with E-state index < -0.39 is 9.05 Å². The van der Waals surface area contributed by atoms with Crippen molar-refractivity contribution in [2.45, 2.75) is 24.8 Å². The number of ether oxygens (including phenoxy) is 1. The Bertz CT molecular complexity index is 761. The van der Waals surface area contributed by atoms with Gasteiger partial charge in [-0.15, -0.1) is 0 Å². The molecule has 0 unspecified atom stereocenters. The van der Waals surface area contributed by atoms with Crippen LogP contribution >= 0.6 is 33.9 Å². The Kier molecular flexibility index (Phi) is 4.98. The summed E-state index contributed by atoms with van der Waals surface area (Å²) in [5.74, 6) is 1.01. The van der Waals surface area contributed by atoms with E-state index in [1.165, 1.54) is 12.1 Å². The van der Waals surface area contributed by atoms with Crippen LogP contribution in [-0.4, -0.2) is 18.6 Å². The van der Waals surface area contributed by atoms with E-state index in [4.69, 9.17) is 43.1 Å². The van der Waals surface area contributed by atoms with Crippen LogP contribution in [0.5, 0.6) is 5.75 Å². The Balaban J connectivity index is 2.20. The van der Waals surface area contributed by atoms with Crippen molar-refractivity contribution >= 4 is 42.9 Å². The van der Waals surface area contributed by atoms with Crippen molar-refractivity contribution in [2.24, 2.45) is 0 Å². The lowest BCUT2D eigenvalue weighted by Crippen LogP contribution is -1.99. The van der Waals surface area contributed by atoms with Crippen molar-refractivity contribution in [1.82, 2.24) is 10.1 Å². The number of aromatic nitrogens is 2. The first-order valence-electron chi connectivity index (χ1n) is 5.69. The predicted molar refractivity (Wildman–Crippen MR) is 77.5 cm³/mol. The second-order valence-corrected chi connectivity index (χ2v) is 7.16. The van der Waals surface area contributed by atoms with Crippen molar-refractivity contribution in [3.05, 3.63) is 33.9 Å². The maximum atomic E-state index is 11.3. The van der Waals surface area contributed by atoms with Gasteiger partial charge < -0.3 is 9.26 Å². The Morgan fingerprint density at radius 1 is 1.29 bits per heavy atom. The fraction of sp³-hybridized carbons (Fsp3) is 0.273. The summed E-state index contributed by atoms with van der Waals surface area (Å²) in [6.07, 6.45) is 0.637. The zero-order chi connectivity index (χ0) is 15.6. The second-order valence-electron chi connectivity index (χ2n) is 3.87. The minimum absolute atomic E-state index is 0.0178. The Hall–Kier alpha value is -1.02. The Morgan fingerprint density at radius 3 is 2.57 bits per heavy atom. The third-order valence-corrected chi connectivity index (χ3v) is 4.79. The number of rotatable bonds is 5. The van der Waals surface area contributed by atoms with Crippen LogP contribution in [0, 0.1) is 0 Å². The summed E-state index contributed by atoms with van der Waals surface area (Å²) in [6, 6.07) is 2.55. The topological polar surface area (TPSA) is 82.3 Å². The van der Waals surface area contributed by atoms with E-state index in [2.05, 4.69) is 10.1 Å². The van der Waals surface area contributed by atoms with Crippen molar-refractivity contribution in [3.8, 4) is 5.75 Å². The molecular formula is C11H9Cl3N2O4S. The molecule has 1 heterocycles. The fourth-order valence-corrected chi connectivity index (χ4v) is 3.23. The standard InChI is InChI=1S/C11H9Cl3N2O4S/c1-2-8-15-9(20-16-8)5-19-6-3-4-7(21(14,17)18)11(13)10(6)12/h3-4H,2,5H2,1H3. The summed E-state index contributed by atoms with van der Waals surface area (Å²) < 4.78 is 32.9. The van der Waals surface area contributed by atoms with Crippen LogP contribution in [0.2, 0.25) is 10.0 Å². The first-order valence-corrected chi connectivity index (χ1v) is 8.76. The molecule has 1 aromatic carbocycles. The fourth-order valence-electron chi connectivity index (χ4n) is 1.45.